The third kappa shape index (κ3) is 3.67. The van der Waals surface area contributed by atoms with Gasteiger partial charge in [-0.2, -0.15) is 0 Å². The van der Waals surface area contributed by atoms with E-state index in [4.69, 9.17) is 0 Å². The molecule has 0 aliphatic carbocycles. The summed E-state index contributed by atoms with van der Waals surface area (Å²) in [7, 11) is 2.02. The van der Waals surface area contributed by atoms with Crippen molar-refractivity contribution in [1.82, 2.24) is 5.32 Å². The Morgan fingerprint density at radius 3 is 2.53 bits per heavy atom. The molecule has 1 N–H and O–H groups in total. The highest BCUT2D eigenvalue weighted by Gasteiger charge is 2.14. The van der Waals surface area contributed by atoms with Gasteiger partial charge >= 0.3 is 0 Å². The van der Waals surface area contributed by atoms with E-state index < -0.39 is 0 Å². The quantitative estimate of drug-likeness (QED) is 0.777. The number of hydrogen-bond donors (Lipinski definition) is 1. The van der Waals surface area contributed by atoms with Gasteiger partial charge in [0.25, 0.3) is 0 Å². The molecule has 1 unspecified atom stereocenters. The van der Waals surface area contributed by atoms with Gasteiger partial charge in [-0.25, -0.2) is 0 Å². The van der Waals surface area contributed by atoms with Gasteiger partial charge in [0.15, 0.2) is 0 Å². The third-order valence-corrected chi connectivity index (χ3v) is 2.98. The van der Waals surface area contributed by atoms with E-state index in [2.05, 4.69) is 50.4 Å². The number of aryl methyl sites for hydroxylation is 1. The zero-order chi connectivity index (χ0) is 11.3. The minimum absolute atomic E-state index is 0.678. The summed E-state index contributed by atoms with van der Waals surface area (Å²) in [4.78, 5) is 0. The van der Waals surface area contributed by atoms with Crippen LogP contribution in [0, 0.1) is 12.8 Å². The fourth-order valence-corrected chi connectivity index (χ4v) is 2.09. The largest absolute Gasteiger partial charge is 0.320 e. The summed E-state index contributed by atoms with van der Waals surface area (Å²) in [5.41, 5.74) is 2.85. The second-order valence-electron chi connectivity index (χ2n) is 4.66. The van der Waals surface area contributed by atoms with Crippen LogP contribution in [0.25, 0.3) is 0 Å². The molecule has 0 radical (unpaired) electrons. The lowest BCUT2D eigenvalue weighted by molar-refractivity contribution is 0.460. The second-order valence-corrected chi connectivity index (χ2v) is 4.66. The van der Waals surface area contributed by atoms with Gasteiger partial charge in [-0.3, -0.25) is 0 Å². The SMILES string of the molecule is CNCCC(c1cccc(C)c1)C(C)C. The Morgan fingerprint density at radius 2 is 2.00 bits per heavy atom. The van der Waals surface area contributed by atoms with E-state index in [9.17, 15) is 0 Å². The van der Waals surface area contributed by atoms with Gasteiger partial charge in [0.1, 0.15) is 0 Å². The highest BCUT2D eigenvalue weighted by Crippen LogP contribution is 2.27. The Kier molecular flexibility index (Phi) is 4.83. The molecule has 0 aliphatic heterocycles. The van der Waals surface area contributed by atoms with Gasteiger partial charge in [-0.05, 0) is 44.3 Å². The van der Waals surface area contributed by atoms with Gasteiger partial charge < -0.3 is 5.32 Å². The minimum atomic E-state index is 0.678. The van der Waals surface area contributed by atoms with Crippen LogP contribution < -0.4 is 5.32 Å². The Morgan fingerprint density at radius 1 is 1.27 bits per heavy atom. The zero-order valence-corrected chi connectivity index (χ0v) is 10.4. The maximum absolute atomic E-state index is 3.24. The van der Waals surface area contributed by atoms with Crippen LogP contribution in [0.1, 0.15) is 37.3 Å². The summed E-state index contributed by atoms with van der Waals surface area (Å²) in [6.07, 6.45) is 1.22. The Labute approximate surface area is 93.9 Å². The lowest BCUT2D eigenvalue weighted by Crippen LogP contribution is -2.15. The van der Waals surface area contributed by atoms with E-state index in [0.29, 0.717) is 11.8 Å². The maximum Gasteiger partial charge on any atom is -0.00460 e. The molecular weight excluding hydrogens is 182 g/mol. The second kappa shape index (κ2) is 5.92. The van der Waals surface area contributed by atoms with Crippen molar-refractivity contribution < 1.29 is 0 Å². The summed E-state index contributed by atoms with van der Waals surface area (Å²) < 4.78 is 0. The smallest absolute Gasteiger partial charge is 0.00460 e. The highest BCUT2D eigenvalue weighted by atomic mass is 14.8. The van der Waals surface area contributed by atoms with E-state index in [1.165, 1.54) is 17.5 Å². The molecule has 1 atom stereocenters. The van der Waals surface area contributed by atoms with Crippen LogP contribution in [0.5, 0.6) is 0 Å². The molecular formula is C14H23N. The fourth-order valence-electron chi connectivity index (χ4n) is 2.09. The summed E-state index contributed by atoms with van der Waals surface area (Å²) in [6, 6.07) is 8.91. The van der Waals surface area contributed by atoms with E-state index in [1.807, 2.05) is 7.05 Å². The summed E-state index contributed by atoms with van der Waals surface area (Å²) >= 11 is 0. The molecule has 1 rings (SSSR count). The van der Waals surface area contributed by atoms with Crippen LogP contribution in [0.2, 0.25) is 0 Å². The van der Waals surface area contributed by atoms with Crippen molar-refractivity contribution >= 4 is 0 Å². The molecule has 0 saturated carbocycles. The van der Waals surface area contributed by atoms with Crippen LogP contribution in [0.4, 0.5) is 0 Å². The molecule has 15 heavy (non-hydrogen) atoms. The zero-order valence-electron chi connectivity index (χ0n) is 10.4. The molecule has 0 saturated heterocycles. The summed E-state index contributed by atoms with van der Waals surface area (Å²) in [6.45, 7) is 7.88. The molecule has 0 heterocycles. The molecule has 0 spiro atoms. The van der Waals surface area contributed by atoms with Crippen molar-refractivity contribution in [3.8, 4) is 0 Å². The lowest BCUT2D eigenvalue weighted by atomic mass is 9.85. The van der Waals surface area contributed by atoms with Crippen LogP contribution in [0.3, 0.4) is 0 Å². The Bertz CT molecular complexity index is 291. The molecule has 0 amide bonds. The minimum Gasteiger partial charge on any atom is -0.320 e. The van der Waals surface area contributed by atoms with Crippen LogP contribution in [-0.2, 0) is 0 Å². The normalized spacial score (nSPS) is 13.1. The van der Waals surface area contributed by atoms with Gasteiger partial charge in [-0.1, -0.05) is 43.7 Å². The van der Waals surface area contributed by atoms with E-state index in [-0.39, 0.29) is 0 Å². The molecule has 0 aliphatic rings. The van der Waals surface area contributed by atoms with Crippen molar-refractivity contribution in [2.75, 3.05) is 13.6 Å². The van der Waals surface area contributed by atoms with Crippen molar-refractivity contribution in [3.63, 3.8) is 0 Å². The molecule has 1 aromatic carbocycles. The monoisotopic (exact) mass is 205 g/mol. The van der Waals surface area contributed by atoms with E-state index >= 15 is 0 Å². The first-order valence-corrected chi connectivity index (χ1v) is 5.86. The fraction of sp³-hybridized carbons (Fsp3) is 0.571. The van der Waals surface area contributed by atoms with E-state index in [1.54, 1.807) is 0 Å². The average Bonchev–Trinajstić information content (AvgIpc) is 2.18. The average molecular weight is 205 g/mol. The lowest BCUT2D eigenvalue weighted by Gasteiger charge is -2.21. The molecule has 1 heteroatoms. The van der Waals surface area contributed by atoms with E-state index in [0.717, 1.165) is 6.54 Å². The number of nitrogens with one attached hydrogen (secondary N) is 1. The summed E-state index contributed by atoms with van der Waals surface area (Å²) in [5, 5.41) is 3.24. The van der Waals surface area contributed by atoms with Crippen molar-refractivity contribution in [2.45, 2.75) is 33.1 Å². The number of rotatable bonds is 5. The predicted molar refractivity (Wildman–Crippen MR) is 67.3 cm³/mol. The molecule has 1 aromatic rings. The summed E-state index contributed by atoms with van der Waals surface area (Å²) in [5.74, 6) is 1.39. The Hall–Kier alpha value is -0.820. The predicted octanol–water partition coefficient (Wildman–Crippen LogP) is 3.34. The topological polar surface area (TPSA) is 12.0 Å². The van der Waals surface area contributed by atoms with Crippen molar-refractivity contribution in [2.24, 2.45) is 5.92 Å². The van der Waals surface area contributed by atoms with Gasteiger partial charge in [-0.15, -0.1) is 0 Å². The molecule has 1 nitrogen and oxygen atoms in total. The first-order valence-electron chi connectivity index (χ1n) is 5.86. The first kappa shape index (κ1) is 12.3. The molecule has 0 fully saturated rings. The third-order valence-electron chi connectivity index (χ3n) is 2.98. The van der Waals surface area contributed by atoms with Gasteiger partial charge in [0.2, 0.25) is 0 Å². The van der Waals surface area contributed by atoms with Crippen molar-refractivity contribution in [3.05, 3.63) is 35.4 Å². The van der Waals surface area contributed by atoms with Crippen LogP contribution in [-0.4, -0.2) is 13.6 Å². The molecule has 0 bridgehead atoms. The number of benzene rings is 1. The highest BCUT2D eigenvalue weighted by molar-refractivity contribution is 5.25. The molecule has 0 aromatic heterocycles. The standard InChI is InChI=1S/C14H23N/c1-11(2)14(8-9-15-4)13-7-5-6-12(3)10-13/h5-7,10-11,14-15H,8-9H2,1-4H3. The van der Waals surface area contributed by atoms with Crippen LogP contribution in [0.15, 0.2) is 24.3 Å². The first-order chi connectivity index (χ1) is 7.15. The van der Waals surface area contributed by atoms with Crippen molar-refractivity contribution in [1.29, 1.82) is 0 Å². The van der Waals surface area contributed by atoms with Gasteiger partial charge in [0, 0.05) is 0 Å². The van der Waals surface area contributed by atoms with Gasteiger partial charge in [0.05, 0.1) is 0 Å². The molecule has 84 valence electrons. The maximum atomic E-state index is 3.24. The Balaban J connectivity index is 2.79. The van der Waals surface area contributed by atoms with Crippen LogP contribution >= 0.6 is 0 Å². The number of hydrogen-bond acceptors (Lipinski definition) is 1.